The average molecular weight is 294 g/mol. The molecule has 110 valence electrons. The molecule has 2 N–H and O–H groups in total. The molecule has 1 aromatic rings. The van der Waals surface area contributed by atoms with Crippen molar-refractivity contribution in [2.75, 3.05) is 24.5 Å². The van der Waals surface area contributed by atoms with Gasteiger partial charge in [0.25, 0.3) is 0 Å². The molecule has 0 amide bonds. The number of rotatable bonds is 2. The fourth-order valence-electron chi connectivity index (χ4n) is 3.56. The first kappa shape index (κ1) is 14.2. The van der Waals surface area contributed by atoms with E-state index in [1.807, 2.05) is 13.0 Å². The zero-order valence-electron chi connectivity index (χ0n) is 12.3. The summed E-state index contributed by atoms with van der Waals surface area (Å²) in [7, 11) is 0. The van der Waals surface area contributed by atoms with Gasteiger partial charge in [0.2, 0.25) is 0 Å². The maximum Gasteiger partial charge on any atom is 0.0643 e. The second-order valence-corrected chi connectivity index (χ2v) is 6.70. The fraction of sp³-hybridized carbons (Fsp3) is 0.625. The summed E-state index contributed by atoms with van der Waals surface area (Å²) in [5.74, 6) is 0. The van der Waals surface area contributed by atoms with Gasteiger partial charge >= 0.3 is 0 Å². The summed E-state index contributed by atoms with van der Waals surface area (Å²) in [4.78, 5) is 5.10. The molecule has 1 aromatic carbocycles. The van der Waals surface area contributed by atoms with Gasteiger partial charge in [0.1, 0.15) is 0 Å². The van der Waals surface area contributed by atoms with Crippen molar-refractivity contribution < 1.29 is 0 Å². The van der Waals surface area contributed by atoms with Crippen LogP contribution in [0.25, 0.3) is 0 Å². The molecule has 3 atom stereocenters. The Kier molecular flexibility index (Phi) is 3.93. The standard InChI is InChI=1S/C16H24ClN3/c1-11-9-19-7-3-4-14(19)10-20(11)16-6-5-13(12(2)18)8-15(16)17/h5-6,8,11-12,14H,3-4,7,9-10,18H2,1-2H3. The Morgan fingerprint density at radius 1 is 1.35 bits per heavy atom. The summed E-state index contributed by atoms with van der Waals surface area (Å²) in [5, 5.41) is 0.832. The normalized spacial score (nSPS) is 28.5. The first-order valence-corrected chi connectivity index (χ1v) is 8.00. The van der Waals surface area contributed by atoms with Crippen molar-refractivity contribution in [2.24, 2.45) is 5.73 Å². The van der Waals surface area contributed by atoms with Crippen molar-refractivity contribution in [2.45, 2.75) is 44.8 Å². The Hall–Kier alpha value is -0.770. The molecule has 0 radical (unpaired) electrons. The third-order valence-corrected chi connectivity index (χ3v) is 5.05. The topological polar surface area (TPSA) is 32.5 Å². The van der Waals surface area contributed by atoms with E-state index in [1.54, 1.807) is 0 Å². The number of nitrogens with zero attached hydrogens (tertiary/aromatic N) is 2. The molecule has 20 heavy (non-hydrogen) atoms. The third-order valence-electron chi connectivity index (χ3n) is 4.74. The zero-order valence-corrected chi connectivity index (χ0v) is 13.1. The molecule has 3 rings (SSSR count). The molecule has 2 aliphatic heterocycles. The molecule has 2 aliphatic rings. The van der Waals surface area contributed by atoms with Crippen molar-refractivity contribution >= 4 is 17.3 Å². The molecule has 3 nitrogen and oxygen atoms in total. The Labute approximate surface area is 126 Å². The van der Waals surface area contributed by atoms with Crippen molar-refractivity contribution in [1.29, 1.82) is 0 Å². The number of halogens is 1. The van der Waals surface area contributed by atoms with Crippen LogP contribution in [0.15, 0.2) is 18.2 Å². The quantitative estimate of drug-likeness (QED) is 0.910. The monoisotopic (exact) mass is 293 g/mol. The van der Waals surface area contributed by atoms with Crippen molar-refractivity contribution in [3.8, 4) is 0 Å². The highest BCUT2D eigenvalue weighted by molar-refractivity contribution is 6.33. The lowest BCUT2D eigenvalue weighted by atomic mass is 10.0. The SMILES string of the molecule is CC(N)c1ccc(N2CC3CCCN3CC2C)c(Cl)c1. The molecule has 2 fully saturated rings. The van der Waals surface area contributed by atoms with Crippen molar-refractivity contribution in [3.63, 3.8) is 0 Å². The van der Waals surface area contributed by atoms with Gasteiger partial charge in [-0.05, 0) is 50.9 Å². The lowest BCUT2D eigenvalue weighted by molar-refractivity contribution is 0.203. The Balaban J connectivity index is 1.84. The molecule has 0 saturated carbocycles. The number of hydrogen-bond donors (Lipinski definition) is 1. The molecule has 0 bridgehead atoms. The maximum atomic E-state index is 6.50. The van der Waals surface area contributed by atoms with Crippen LogP contribution < -0.4 is 10.6 Å². The van der Waals surface area contributed by atoms with Crippen LogP contribution in [-0.4, -0.2) is 36.6 Å². The van der Waals surface area contributed by atoms with E-state index in [1.165, 1.54) is 19.4 Å². The van der Waals surface area contributed by atoms with Crippen LogP contribution in [0.4, 0.5) is 5.69 Å². The lowest BCUT2D eigenvalue weighted by Gasteiger charge is -2.44. The van der Waals surface area contributed by atoms with Gasteiger partial charge in [0, 0.05) is 31.2 Å². The molecule has 0 aromatic heterocycles. The average Bonchev–Trinajstić information content (AvgIpc) is 2.84. The van der Waals surface area contributed by atoms with Gasteiger partial charge < -0.3 is 10.6 Å². The van der Waals surface area contributed by atoms with Crippen LogP contribution in [0, 0.1) is 0 Å². The highest BCUT2D eigenvalue weighted by atomic mass is 35.5. The Bertz CT molecular complexity index is 489. The first-order chi connectivity index (χ1) is 9.56. The molecule has 0 spiro atoms. The fourth-order valence-corrected chi connectivity index (χ4v) is 3.86. The minimum absolute atomic E-state index is 0.0330. The largest absolute Gasteiger partial charge is 0.365 e. The van der Waals surface area contributed by atoms with E-state index in [0.717, 1.165) is 29.4 Å². The van der Waals surface area contributed by atoms with E-state index < -0.39 is 0 Å². The highest BCUT2D eigenvalue weighted by Crippen LogP contribution is 2.34. The van der Waals surface area contributed by atoms with Gasteiger partial charge in [-0.3, -0.25) is 4.90 Å². The van der Waals surface area contributed by atoms with Crippen LogP contribution in [-0.2, 0) is 0 Å². The summed E-state index contributed by atoms with van der Waals surface area (Å²) in [6.07, 6.45) is 2.65. The minimum Gasteiger partial charge on any atom is -0.365 e. The second kappa shape index (κ2) is 5.55. The molecule has 0 aliphatic carbocycles. The van der Waals surface area contributed by atoms with E-state index in [0.29, 0.717) is 12.1 Å². The van der Waals surface area contributed by atoms with Crippen LogP contribution in [0.3, 0.4) is 0 Å². The smallest absolute Gasteiger partial charge is 0.0643 e. The van der Waals surface area contributed by atoms with Gasteiger partial charge in [0.15, 0.2) is 0 Å². The number of fused-ring (bicyclic) bond motifs is 1. The molecule has 3 unspecified atom stereocenters. The number of nitrogens with two attached hydrogens (primary N) is 1. The minimum atomic E-state index is 0.0330. The van der Waals surface area contributed by atoms with Gasteiger partial charge in [-0.1, -0.05) is 17.7 Å². The van der Waals surface area contributed by atoms with Crippen LogP contribution >= 0.6 is 11.6 Å². The number of piperazine rings is 1. The summed E-state index contributed by atoms with van der Waals surface area (Å²) in [6, 6.07) is 7.53. The molecular formula is C16H24ClN3. The van der Waals surface area contributed by atoms with Gasteiger partial charge in [-0.15, -0.1) is 0 Å². The lowest BCUT2D eigenvalue weighted by Crippen LogP contribution is -2.55. The summed E-state index contributed by atoms with van der Waals surface area (Å²) < 4.78 is 0. The van der Waals surface area contributed by atoms with Crippen molar-refractivity contribution in [3.05, 3.63) is 28.8 Å². The van der Waals surface area contributed by atoms with Crippen LogP contribution in [0.2, 0.25) is 5.02 Å². The Morgan fingerprint density at radius 2 is 2.15 bits per heavy atom. The predicted molar refractivity (Wildman–Crippen MR) is 85.5 cm³/mol. The van der Waals surface area contributed by atoms with E-state index in [4.69, 9.17) is 17.3 Å². The van der Waals surface area contributed by atoms with Crippen LogP contribution in [0.1, 0.15) is 38.3 Å². The summed E-state index contributed by atoms with van der Waals surface area (Å²) in [6.45, 7) is 7.80. The third kappa shape index (κ3) is 2.54. The predicted octanol–water partition coefficient (Wildman–Crippen LogP) is 3.03. The van der Waals surface area contributed by atoms with Gasteiger partial charge in [-0.25, -0.2) is 0 Å². The summed E-state index contributed by atoms with van der Waals surface area (Å²) in [5.41, 5.74) is 8.19. The Morgan fingerprint density at radius 3 is 2.85 bits per heavy atom. The van der Waals surface area contributed by atoms with Gasteiger partial charge in [-0.2, -0.15) is 0 Å². The second-order valence-electron chi connectivity index (χ2n) is 6.29. The first-order valence-electron chi connectivity index (χ1n) is 7.62. The molecule has 4 heteroatoms. The zero-order chi connectivity index (χ0) is 14.3. The maximum absolute atomic E-state index is 6.50. The number of benzene rings is 1. The van der Waals surface area contributed by atoms with E-state index in [9.17, 15) is 0 Å². The van der Waals surface area contributed by atoms with E-state index in [2.05, 4.69) is 28.9 Å². The highest BCUT2D eigenvalue weighted by Gasteiger charge is 2.34. The van der Waals surface area contributed by atoms with Crippen LogP contribution in [0.5, 0.6) is 0 Å². The molecule has 2 heterocycles. The molecule has 2 saturated heterocycles. The number of hydrogen-bond acceptors (Lipinski definition) is 3. The summed E-state index contributed by atoms with van der Waals surface area (Å²) >= 11 is 6.50. The van der Waals surface area contributed by atoms with E-state index >= 15 is 0 Å². The molecular weight excluding hydrogens is 270 g/mol. The van der Waals surface area contributed by atoms with Crippen molar-refractivity contribution in [1.82, 2.24) is 4.90 Å². The number of anilines is 1. The van der Waals surface area contributed by atoms with Gasteiger partial charge in [0.05, 0.1) is 10.7 Å². The van der Waals surface area contributed by atoms with E-state index in [-0.39, 0.29) is 6.04 Å².